The van der Waals surface area contributed by atoms with Crippen LogP contribution in [0.5, 0.6) is 0 Å². The molecule has 1 amide bonds. The van der Waals surface area contributed by atoms with Crippen molar-refractivity contribution < 1.29 is 21.6 Å². The van der Waals surface area contributed by atoms with Gasteiger partial charge in [0.05, 0.1) is 35.5 Å². The summed E-state index contributed by atoms with van der Waals surface area (Å²) in [5.41, 5.74) is 4.30. The lowest BCUT2D eigenvalue weighted by Gasteiger charge is -2.33. The SMILES string of the molecule is CCS(=O)(=O)N(Cc1ccc(C(=O)NN)cn1)c1ccc(CN2CCN(S(C)(=O)=O)CC2)cc1. The van der Waals surface area contributed by atoms with E-state index in [0.717, 1.165) is 5.56 Å². The van der Waals surface area contributed by atoms with E-state index in [0.29, 0.717) is 44.1 Å². The molecule has 3 N–H and O–H groups in total. The molecule has 13 heteroatoms. The molecule has 0 unspecified atom stereocenters. The van der Waals surface area contributed by atoms with Gasteiger partial charge in [-0.15, -0.1) is 0 Å². The monoisotopic (exact) mass is 510 g/mol. The van der Waals surface area contributed by atoms with Crippen molar-refractivity contribution in [1.82, 2.24) is 19.6 Å². The van der Waals surface area contributed by atoms with E-state index in [4.69, 9.17) is 5.84 Å². The van der Waals surface area contributed by atoms with Crippen molar-refractivity contribution in [1.29, 1.82) is 0 Å². The van der Waals surface area contributed by atoms with E-state index >= 15 is 0 Å². The third-order valence-corrected chi connectivity index (χ3v) is 8.70. The highest BCUT2D eigenvalue weighted by Crippen LogP contribution is 2.23. The largest absolute Gasteiger partial charge is 0.296 e. The molecule has 1 aliphatic rings. The van der Waals surface area contributed by atoms with E-state index in [1.165, 1.54) is 27.1 Å². The summed E-state index contributed by atoms with van der Waals surface area (Å²) in [6, 6.07) is 10.4. The molecule has 34 heavy (non-hydrogen) atoms. The molecule has 1 aromatic heterocycles. The quantitative estimate of drug-likeness (QED) is 0.275. The summed E-state index contributed by atoms with van der Waals surface area (Å²) in [5.74, 6) is 4.57. The topological polar surface area (TPSA) is 146 Å². The van der Waals surface area contributed by atoms with Gasteiger partial charge in [0, 0.05) is 38.9 Å². The van der Waals surface area contributed by atoms with Crippen LogP contribution >= 0.6 is 0 Å². The third-order valence-electron chi connectivity index (χ3n) is 5.65. The van der Waals surface area contributed by atoms with Crippen molar-refractivity contribution in [2.24, 2.45) is 5.84 Å². The number of hydrogen-bond acceptors (Lipinski definition) is 8. The Kier molecular flexibility index (Phi) is 8.25. The summed E-state index contributed by atoms with van der Waals surface area (Å²) in [7, 11) is -6.76. The zero-order valence-corrected chi connectivity index (χ0v) is 20.8. The number of aromatic nitrogens is 1. The number of hydrogen-bond donors (Lipinski definition) is 2. The first-order valence-corrected chi connectivity index (χ1v) is 14.2. The molecule has 1 fully saturated rings. The van der Waals surface area contributed by atoms with Gasteiger partial charge < -0.3 is 0 Å². The van der Waals surface area contributed by atoms with Gasteiger partial charge in [0.15, 0.2) is 0 Å². The molecule has 2 heterocycles. The molecule has 2 aromatic rings. The smallest absolute Gasteiger partial charge is 0.266 e. The average Bonchev–Trinajstić information content (AvgIpc) is 2.82. The van der Waals surface area contributed by atoms with E-state index < -0.39 is 26.0 Å². The Labute approximate surface area is 200 Å². The number of pyridine rings is 1. The Morgan fingerprint density at radius 1 is 1.06 bits per heavy atom. The zero-order chi connectivity index (χ0) is 24.9. The first-order chi connectivity index (χ1) is 16.0. The second kappa shape index (κ2) is 10.8. The highest BCUT2D eigenvalue weighted by atomic mass is 32.2. The summed E-state index contributed by atoms with van der Waals surface area (Å²) in [5, 5.41) is 0. The molecule has 0 aliphatic carbocycles. The maximum atomic E-state index is 12.8. The number of rotatable bonds is 9. The number of carbonyl (C=O) groups is 1. The number of anilines is 1. The number of benzene rings is 1. The molecule has 0 radical (unpaired) electrons. The summed E-state index contributed by atoms with van der Waals surface area (Å²) in [4.78, 5) is 18.0. The maximum absolute atomic E-state index is 12.8. The third kappa shape index (κ3) is 6.51. The van der Waals surface area contributed by atoms with E-state index in [2.05, 4.69) is 9.88 Å². The molecule has 1 saturated heterocycles. The number of nitrogen functional groups attached to an aromatic ring is 1. The Bertz CT molecular complexity index is 1190. The standard InChI is InChI=1S/C21H30N6O5S2/c1-3-34(31,32)27(16-19-7-6-18(14-23-19)21(28)24-22)20-8-4-17(5-9-20)15-25-10-12-26(13-11-25)33(2,29)30/h4-9,14H,3,10-13,15-16,22H2,1-2H3,(H,24,28). The molecule has 1 aliphatic heterocycles. The van der Waals surface area contributed by atoms with Crippen molar-refractivity contribution in [3.05, 3.63) is 59.4 Å². The van der Waals surface area contributed by atoms with Crippen molar-refractivity contribution in [3.63, 3.8) is 0 Å². The van der Waals surface area contributed by atoms with Gasteiger partial charge in [-0.25, -0.2) is 22.7 Å². The second-order valence-electron chi connectivity index (χ2n) is 8.02. The minimum Gasteiger partial charge on any atom is -0.296 e. The Hall–Kier alpha value is -2.58. The van der Waals surface area contributed by atoms with Crippen LogP contribution in [-0.2, 0) is 33.1 Å². The number of amides is 1. The molecule has 1 aromatic carbocycles. The number of sulfonamides is 2. The van der Waals surface area contributed by atoms with Crippen LogP contribution < -0.4 is 15.6 Å². The number of nitrogens with two attached hydrogens (primary N) is 1. The second-order valence-corrected chi connectivity index (χ2v) is 12.2. The zero-order valence-electron chi connectivity index (χ0n) is 19.2. The number of hydrazine groups is 1. The van der Waals surface area contributed by atoms with Crippen LogP contribution in [0.25, 0.3) is 0 Å². The van der Waals surface area contributed by atoms with Crippen LogP contribution in [0.4, 0.5) is 5.69 Å². The maximum Gasteiger partial charge on any atom is 0.266 e. The summed E-state index contributed by atoms with van der Waals surface area (Å²) in [6.45, 7) is 4.42. The van der Waals surface area contributed by atoms with Gasteiger partial charge in [0.25, 0.3) is 5.91 Å². The van der Waals surface area contributed by atoms with Crippen LogP contribution in [0.15, 0.2) is 42.6 Å². The van der Waals surface area contributed by atoms with Crippen molar-refractivity contribution in [2.45, 2.75) is 20.0 Å². The fourth-order valence-corrected chi connectivity index (χ4v) is 5.54. The van der Waals surface area contributed by atoms with Crippen molar-refractivity contribution in [2.75, 3.05) is 42.5 Å². The fraction of sp³-hybridized carbons (Fsp3) is 0.429. The van der Waals surface area contributed by atoms with Crippen LogP contribution in [0.1, 0.15) is 28.5 Å². The van der Waals surface area contributed by atoms with Gasteiger partial charge in [-0.05, 0) is 36.8 Å². The highest BCUT2D eigenvalue weighted by Gasteiger charge is 2.24. The van der Waals surface area contributed by atoms with Crippen LogP contribution in [0.2, 0.25) is 0 Å². The molecule has 11 nitrogen and oxygen atoms in total. The van der Waals surface area contributed by atoms with Gasteiger partial charge in [0.1, 0.15) is 0 Å². The fourth-order valence-electron chi connectivity index (χ4n) is 3.63. The minimum atomic E-state index is -3.58. The molecular formula is C21H30N6O5S2. The highest BCUT2D eigenvalue weighted by molar-refractivity contribution is 7.92. The van der Waals surface area contributed by atoms with E-state index in [-0.39, 0.29) is 17.9 Å². The Balaban J connectivity index is 1.71. The molecule has 0 spiro atoms. The van der Waals surface area contributed by atoms with E-state index in [1.54, 1.807) is 25.1 Å². The minimum absolute atomic E-state index is 0.0213. The van der Waals surface area contributed by atoms with E-state index in [9.17, 15) is 21.6 Å². The molecule has 0 atom stereocenters. The lowest BCUT2D eigenvalue weighted by Crippen LogP contribution is -2.47. The average molecular weight is 511 g/mol. The van der Waals surface area contributed by atoms with Crippen molar-refractivity contribution >= 4 is 31.6 Å². The summed E-state index contributed by atoms with van der Waals surface area (Å²) < 4.78 is 51.7. The lowest BCUT2D eigenvalue weighted by atomic mass is 10.1. The van der Waals surface area contributed by atoms with Crippen molar-refractivity contribution in [3.8, 4) is 0 Å². The number of nitrogens with one attached hydrogen (secondary N) is 1. The summed E-state index contributed by atoms with van der Waals surface area (Å²) >= 11 is 0. The molecule has 186 valence electrons. The molecule has 0 saturated carbocycles. The lowest BCUT2D eigenvalue weighted by molar-refractivity contribution is 0.0953. The Morgan fingerprint density at radius 3 is 2.21 bits per heavy atom. The van der Waals surface area contributed by atoms with Crippen LogP contribution in [0.3, 0.4) is 0 Å². The first-order valence-electron chi connectivity index (χ1n) is 10.8. The van der Waals surface area contributed by atoms with E-state index in [1.807, 2.05) is 17.6 Å². The van der Waals surface area contributed by atoms with Gasteiger partial charge >= 0.3 is 0 Å². The number of piperazine rings is 1. The number of carbonyl (C=O) groups excluding carboxylic acids is 1. The first kappa shape index (κ1) is 26.0. The molecule has 0 bridgehead atoms. The van der Waals surface area contributed by atoms with Gasteiger partial charge in [-0.1, -0.05) is 12.1 Å². The number of nitrogens with zero attached hydrogens (tertiary/aromatic N) is 4. The van der Waals surface area contributed by atoms with Gasteiger partial charge in [0.2, 0.25) is 20.0 Å². The normalized spacial score (nSPS) is 15.7. The predicted octanol–water partition coefficient (Wildman–Crippen LogP) is 0.119. The molecular weight excluding hydrogens is 480 g/mol. The Morgan fingerprint density at radius 2 is 1.71 bits per heavy atom. The van der Waals surface area contributed by atoms with Gasteiger partial charge in [-0.3, -0.25) is 24.4 Å². The van der Waals surface area contributed by atoms with Gasteiger partial charge in [-0.2, -0.15) is 4.31 Å². The van der Waals surface area contributed by atoms with Crippen LogP contribution in [-0.4, -0.2) is 75.1 Å². The molecule has 3 rings (SSSR count). The summed E-state index contributed by atoms with van der Waals surface area (Å²) in [6.07, 6.45) is 2.57. The predicted molar refractivity (Wildman–Crippen MR) is 130 cm³/mol. The van der Waals surface area contributed by atoms with Crippen LogP contribution in [0, 0.1) is 0 Å².